The molecule has 0 bridgehead atoms. The van der Waals surface area contributed by atoms with Crippen LogP contribution in [0.3, 0.4) is 0 Å². The molecule has 116 valence electrons. The van der Waals surface area contributed by atoms with E-state index in [4.69, 9.17) is 0 Å². The van der Waals surface area contributed by atoms with E-state index in [1.807, 2.05) is 0 Å². The summed E-state index contributed by atoms with van der Waals surface area (Å²) in [6.45, 7) is 0.570. The molecule has 1 aromatic heterocycles. The molecule has 0 atom stereocenters. The number of benzene rings is 2. The average molecular weight is 312 g/mol. The van der Waals surface area contributed by atoms with Gasteiger partial charge in [0.25, 0.3) is 5.56 Å². The summed E-state index contributed by atoms with van der Waals surface area (Å²) < 4.78 is 28.2. The van der Waals surface area contributed by atoms with Gasteiger partial charge >= 0.3 is 0 Å². The van der Waals surface area contributed by atoms with Gasteiger partial charge in [0.05, 0.1) is 11.1 Å². The molecular weight excluding hydrogens is 298 g/mol. The highest BCUT2D eigenvalue weighted by atomic mass is 19.2. The molecule has 4 rings (SSSR count). The van der Waals surface area contributed by atoms with Gasteiger partial charge in [-0.05, 0) is 43.0 Å². The van der Waals surface area contributed by atoms with Crippen LogP contribution in [-0.4, -0.2) is 9.78 Å². The maximum atomic E-state index is 13.6. The van der Waals surface area contributed by atoms with Gasteiger partial charge in [-0.2, -0.15) is 5.10 Å². The Morgan fingerprint density at radius 3 is 2.48 bits per heavy atom. The molecule has 0 radical (unpaired) electrons. The van der Waals surface area contributed by atoms with Crippen LogP contribution in [-0.2, 0) is 6.54 Å². The summed E-state index contributed by atoms with van der Waals surface area (Å²) in [5.41, 5.74) is 0.822. The zero-order valence-electron chi connectivity index (χ0n) is 12.3. The molecule has 23 heavy (non-hydrogen) atoms. The van der Waals surface area contributed by atoms with Crippen LogP contribution in [0.25, 0.3) is 22.0 Å². The lowest BCUT2D eigenvalue weighted by atomic mass is 10.0. The number of hydrogen-bond acceptors (Lipinski definition) is 2. The van der Waals surface area contributed by atoms with Crippen molar-refractivity contribution < 1.29 is 8.78 Å². The third-order valence-electron chi connectivity index (χ3n) is 4.19. The maximum absolute atomic E-state index is 13.6. The molecule has 2 aromatic carbocycles. The molecule has 1 saturated carbocycles. The van der Waals surface area contributed by atoms with E-state index in [0.717, 1.165) is 25.0 Å². The fraction of sp³-hybridized carbons (Fsp3) is 0.222. The number of fused-ring (bicyclic) bond motifs is 1. The average Bonchev–Trinajstić information content (AvgIpc) is 3.37. The first-order chi connectivity index (χ1) is 11.1. The van der Waals surface area contributed by atoms with Crippen molar-refractivity contribution in [2.24, 2.45) is 5.92 Å². The van der Waals surface area contributed by atoms with Crippen LogP contribution in [0.15, 0.2) is 47.3 Å². The van der Waals surface area contributed by atoms with E-state index in [1.165, 1.54) is 10.7 Å². The van der Waals surface area contributed by atoms with Crippen molar-refractivity contribution in [1.82, 2.24) is 9.78 Å². The van der Waals surface area contributed by atoms with Gasteiger partial charge in [0.2, 0.25) is 0 Å². The first-order valence-corrected chi connectivity index (χ1v) is 7.59. The molecule has 0 amide bonds. The predicted octanol–water partition coefficient (Wildman–Crippen LogP) is 3.75. The van der Waals surface area contributed by atoms with Gasteiger partial charge in [-0.15, -0.1) is 0 Å². The van der Waals surface area contributed by atoms with E-state index in [1.54, 1.807) is 24.3 Å². The quantitative estimate of drug-likeness (QED) is 0.738. The second-order valence-corrected chi connectivity index (χ2v) is 5.95. The summed E-state index contributed by atoms with van der Waals surface area (Å²) in [7, 11) is 0. The number of rotatable bonds is 3. The lowest BCUT2D eigenvalue weighted by molar-refractivity contribution is 0.508. The van der Waals surface area contributed by atoms with Gasteiger partial charge in [-0.3, -0.25) is 4.79 Å². The molecule has 3 aromatic rings. The Bertz CT molecular complexity index is 961. The minimum absolute atomic E-state index is 0.140. The second-order valence-electron chi connectivity index (χ2n) is 5.95. The Balaban J connectivity index is 1.98. The van der Waals surface area contributed by atoms with Crippen molar-refractivity contribution in [3.8, 4) is 11.3 Å². The van der Waals surface area contributed by atoms with Crippen LogP contribution in [0.5, 0.6) is 0 Å². The normalized spacial score (nSPS) is 14.3. The topological polar surface area (TPSA) is 34.9 Å². The standard InChI is InChI=1S/C18H14F2N2O/c19-15-8-7-12(9-16(15)20)17-13-3-1-2-4-14(13)18(23)22(21-17)10-11-5-6-11/h1-4,7-9,11H,5-6,10H2. The van der Waals surface area contributed by atoms with Gasteiger partial charge in [-0.25, -0.2) is 13.5 Å². The van der Waals surface area contributed by atoms with Crippen molar-refractivity contribution in [2.75, 3.05) is 0 Å². The van der Waals surface area contributed by atoms with Crippen molar-refractivity contribution in [3.63, 3.8) is 0 Å². The molecule has 1 fully saturated rings. The smallest absolute Gasteiger partial charge is 0.267 e. The Morgan fingerprint density at radius 1 is 1.04 bits per heavy atom. The first-order valence-electron chi connectivity index (χ1n) is 7.59. The molecule has 0 aliphatic heterocycles. The molecular formula is C18H14F2N2O. The minimum atomic E-state index is -0.923. The van der Waals surface area contributed by atoms with Gasteiger partial charge in [0.1, 0.15) is 0 Å². The predicted molar refractivity (Wildman–Crippen MR) is 84.1 cm³/mol. The number of aromatic nitrogens is 2. The van der Waals surface area contributed by atoms with Crippen LogP contribution in [0.4, 0.5) is 8.78 Å². The van der Waals surface area contributed by atoms with E-state index in [9.17, 15) is 13.6 Å². The van der Waals surface area contributed by atoms with Crippen molar-refractivity contribution in [1.29, 1.82) is 0 Å². The number of halogens is 2. The van der Waals surface area contributed by atoms with Crippen LogP contribution < -0.4 is 5.56 Å². The fourth-order valence-corrected chi connectivity index (χ4v) is 2.76. The molecule has 0 unspecified atom stereocenters. The Morgan fingerprint density at radius 2 is 1.78 bits per heavy atom. The SMILES string of the molecule is O=c1c2ccccc2c(-c2ccc(F)c(F)c2)nn1CC1CC1. The summed E-state index contributed by atoms with van der Waals surface area (Å²) in [6, 6.07) is 10.8. The third kappa shape index (κ3) is 2.52. The van der Waals surface area contributed by atoms with E-state index >= 15 is 0 Å². The molecule has 1 aliphatic rings. The first kappa shape index (κ1) is 14.1. The molecule has 1 heterocycles. The van der Waals surface area contributed by atoms with Crippen LogP contribution >= 0.6 is 0 Å². The lowest BCUT2D eigenvalue weighted by Gasteiger charge is -2.11. The fourth-order valence-electron chi connectivity index (χ4n) is 2.76. The summed E-state index contributed by atoms with van der Waals surface area (Å²) >= 11 is 0. The highest BCUT2D eigenvalue weighted by Gasteiger charge is 2.24. The molecule has 1 aliphatic carbocycles. The van der Waals surface area contributed by atoms with Crippen LogP contribution in [0.1, 0.15) is 12.8 Å². The van der Waals surface area contributed by atoms with Gasteiger partial charge in [-0.1, -0.05) is 18.2 Å². The Kier molecular flexibility index (Phi) is 3.22. The van der Waals surface area contributed by atoms with Crippen molar-refractivity contribution in [3.05, 3.63) is 64.5 Å². The van der Waals surface area contributed by atoms with Crippen molar-refractivity contribution >= 4 is 10.8 Å². The molecule has 0 spiro atoms. The van der Waals surface area contributed by atoms with Gasteiger partial charge in [0, 0.05) is 17.5 Å². The summed E-state index contributed by atoms with van der Waals surface area (Å²) in [5.74, 6) is -1.34. The Labute approximate surface area is 131 Å². The lowest BCUT2D eigenvalue weighted by Crippen LogP contribution is -2.24. The molecule has 0 saturated heterocycles. The zero-order chi connectivity index (χ0) is 16.0. The zero-order valence-corrected chi connectivity index (χ0v) is 12.3. The molecule has 5 heteroatoms. The van der Waals surface area contributed by atoms with Crippen molar-refractivity contribution in [2.45, 2.75) is 19.4 Å². The highest BCUT2D eigenvalue weighted by Crippen LogP contribution is 2.31. The molecule has 0 N–H and O–H groups in total. The number of hydrogen-bond donors (Lipinski definition) is 0. The number of nitrogens with zero attached hydrogens (tertiary/aromatic N) is 2. The summed E-state index contributed by atoms with van der Waals surface area (Å²) in [6.07, 6.45) is 2.20. The second kappa shape index (κ2) is 5.26. The third-order valence-corrected chi connectivity index (χ3v) is 4.19. The summed E-state index contributed by atoms with van der Waals surface area (Å²) in [4.78, 5) is 12.6. The van der Waals surface area contributed by atoms with E-state index in [2.05, 4.69) is 5.10 Å². The van der Waals surface area contributed by atoms with Crippen LogP contribution in [0, 0.1) is 17.6 Å². The molecule has 3 nitrogen and oxygen atoms in total. The monoisotopic (exact) mass is 312 g/mol. The van der Waals surface area contributed by atoms with Gasteiger partial charge < -0.3 is 0 Å². The van der Waals surface area contributed by atoms with E-state index < -0.39 is 11.6 Å². The summed E-state index contributed by atoms with van der Waals surface area (Å²) in [5, 5.41) is 5.63. The highest BCUT2D eigenvalue weighted by molar-refractivity contribution is 5.93. The maximum Gasteiger partial charge on any atom is 0.274 e. The van der Waals surface area contributed by atoms with Gasteiger partial charge in [0.15, 0.2) is 11.6 Å². The van der Waals surface area contributed by atoms with E-state index in [-0.39, 0.29) is 5.56 Å². The van der Waals surface area contributed by atoms with E-state index in [0.29, 0.717) is 34.5 Å². The largest absolute Gasteiger partial charge is 0.274 e. The minimum Gasteiger partial charge on any atom is -0.267 e. The van der Waals surface area contributed by atoms with Crippen LogP contribution in [0.2, 0.25) is 0 Å². The Hall–Kier alpha value is -2.56.